The molecule has 1 aromatic carbocycles. The summed E-state index contributed by atoms with van der Waals surface area (Å²) in [6.45, 7) is 5.80. The molecule has 1 aliphatic rings. The number of aliphatic hydroxyl groups is 1. The van der Waals surface area contributed by atoms with Crippen LogP contribution in [0.4, 0.5) is 4.79 Å². The molecule has 1 aliphatic heterocycles. The highest BCUT2D eigenvalue weighted by molar-refractivity contribution is 5.95. The summed E-state index contributed by atoms with van der Waals surface area (Å²) >= 11 is 0. The van der Waals surface area contributed by atoms with Crippen LogP contribution in [0.2, 0.25) is 0 Å². The number of hydrogen-bond acceptors (Lipinski definition) is 4. The van der Waals surface area contributed by atoms with Gasteiger partial charge >= 0.3 is 6.09 Å². The summed E-state index contributed by atoms with van der Waals surface area (Å²) in [5, 5.41) is 10.6. The van der Waals surface area contributed by atoms with E-state index < -0.39 is 30.3 Å². The third-order valence-corrected chi connectivity index (χ3v) is 7.21. The molecule has 1 aromatic rings. The first-order valence-electron chi connectivity index (χ1n) is 13.7. The number of hydrogen-bond donors (Lipinski definition) is 1. The minimum absolute atomic E-state index is 0.349. The number of amides is 2. The average molecular weight is 474 g/mol. The van der Waals surface area contributed by atoms with Gasteiger partial charge in [0.1, 0.15) is 6.10 Å². The van der Waals surface area contributed by atoms with E-state index in [1.54, 1.807) is 6.92 Å². The van der Waals surface area contributed by atoms with Crippen LogP contribution in [0.25, 0.3) is 0 Å². The summed E-state index contributed by atoms with van der Waals surface area (Å²) in [5.41, 5.74) is 0.874. The molecule has 192 valence electrons. The molecule has 0 radical (unpaired) electrons. The standard InChI is InChI=1S/C29H47NO4/c1-4-5-6-7-8-9-10-11-12-13-14-15-19-22-26(31)23(2)28(32)30-24(3)27(34-29(30)33)25-20-17-16-18-21-25/h16-18,20-21,23-24,26-27,31H,4-15,19,22H2,1-3H3/t23-,24-,26+,27-/m1/s1. The Morgan fingerprint density at radius 2 is 1.41 bits per heavy atom. The number of unbranched alkanes of at least 4 members (excludes halogenated alkanes) is 12. The highest BCUT2D eigenvalue weighted by Crippen LogP contribution is 2.33. The molecule has 0 aromatic heterocycles. The monoisotopic (exact) mass is 473 g/mol. The van der Waals surface area contributed by atoms with Crippen LogP contribution in [0, 0.1) is 5.92 Å². The largest absolute Gasteiger partial charge is 0.439 e. The van der Waals surface area contributed by atoms with Gasteiger partial charge in [-0.25, -0.2) is 9.69 Å². The fourth-order valence-corrected chi connectivity index (χ4v) is 4.85. The van der Waals surface area contributed by atoms with Gasteiger partial charge in [-0.1, -0.05) is 128 Å². The van der Waals surface area contributed by atoms with Crippen LogP contribution in [0.5, 0.6) is 0 Å². The van der Waals surface area contributed by atoms with Crippen molar-refractivity contribution in [3.05, 3.63) is 35.9 Å². The highest BCUT2D eigenvalue weighted by Gasteiger charge is 2.45. The molecular weight excluding hydrogens is 426 g/mol. The van der Waals surface area contributed by atoms with Gasteiger partial charge in [0.25, 0.3) is 0 Å². The van der Waals surface area contributed by atoms with Gasteiger partial charge in [-0.05, 0) is 18.9 Å². The zero-order chi connectivity index (χ0) is 24.8. The number of cyclic esters (lactones) is 1. The summed E-state index contributed by atoms with van der Waals surface area (Å²) in [7, 11) is 0. The van der Waals surface area contributed by atoms with E-state index in [1.165, 1.54) is 75.5 Å². The maximum absolute atomic E-state index is 13.0. The Hall–Kier alpha value is -1.88. The van der Waals surface area contributed by atoms with E-state index in [0.717, 1.165) is 18.4 Å². The number of carbonyl (C=O) groups excluding carboxylic acids is 2. The summed E-state index contributed by atoms with van der Waals surface area (Å²) in [5.74, 6) is -0.972. The molecule has 0 spiro atoms. The third-order valence-electron chi connectivity index (χ3n) is 7.21. The molecule has 1 N–H and O–H groups in total. The molecular formula is C29H47NO4. The molecule has 0 saturated carbocycles. The molecule has 1 fully saturated rings. The van der Waals surface area contributed by atoms with Crippen LogP contribution in [0.1, 0.15) is 122 Å². The smallest absolute Gasteiger partial charge is 0.417 e. The summed E-state index contributed by atoms with van der Waals surface area (Å²) in [6, 6.07) is 9.09. The third kappa shape index (κ3) is 9.05. The van der Waals surface area contributed by atoms with Crippen LogP contribution < -0.4 is 0 Å². The predicted octanol–water partition coefficient (Wildman–Crippen LogP) is 7.57. The van der Waals surface area contributed by atoms with Crippen LogP contribution in [0.15, 0.2) is 30.3 Å². The number of carbonyl (C=O) groups is 2. The number of rotatable bonds is 17. The Morgan fingerprint density at radius 1 is 0.912 bits per heavy atom. The van der Waals surface area contributed by atoms with E-state index in [1.807, 2.05) is 37.3 Å². The van der Waals surface area contributed by atoms with Crippen molar-refractivity contribution in [2.24, 2.45) is 5.92 Å². The fraction of sp³-hybridized carbons (Fsp3) is 0.724. The van der Waals surface area contributed by atoms with Crippen LogP contribution in [-0.4, -0.2) is 34.2 Å². The van der Waals surface area contributed by atoms with Crippen molar-refractivity contribution in [3.8, 4) is 0 Å². The van der Waals surface area contributed by atoms with Crippen molar-refractivity contribution in [1.29, 1.82) is 0 Å². The number of ether oxygens (including phenoxy) is 1. The quantitative estimate of drug-likeness (QED) is 0.237. The van der Waals surface area contributed by atoms with E-state index >= 15 is 0 Å². The lowest BCUT2D eigenvalue weighted by molar-refractivity contribution is -0.136. The predicted molar refractivity (Wildman–Crippen MR) is 137 cm³/mol. The summed E-state index contributed by atoms with van der Waals surface area (Å²) in [6.07, 6.45) is 15.4. The van der Waals surface area contributed by atoms with Gasteiger partial charge in [0.05, 0.1) is 18.1 Å². The van der Waals surface area contributed by atoms with E-state index in [4.69, 9.17) is 4.74 Å². The van der Waals surface area contributed by atoms with Crippen molar-refractivity contribution in [2.45, 2.75) is 129 Å². The van der Waals surface area contributed by atoms with Crippen LogP contribution in [-0.2, 0) is 9.53 Å². The molecule has 1 heterocycles. The first-order valence-corrected chi connectivity index (χ1v) is 13.7. The van der Waals surface area contributed by atoms with E-state index in [0.29, 0.717) is 6.42 Å². The topological polar surface area (TPSA) is 66.8 Å². The van der Waals surface area contributed by atoms with Crippen molar-refractivity contribution in [1.82, 2.24) is 4.90 Å². The minimum atomic E-state index is -0.740. The average Bonchev–Trinajstić information content (AvgIpc) is 3.15. The molecule has 1 saturated heterocycles. The Bertz CT molecular complexity index is 707. The first-order chi connectivity index (χ1) is 16.5. The Morgan fingerprint density at radius 3 is 1.94 bits per heavy atom. The molecule has 5 heteroatoms. The van der Waals surface area contributed by atoms with Crippen LogP contribution >= 0.6 is 0 Å². The molecule has 0 unspecified atom stereocenters. The van der Waals surface area contributed by atoms with Crippen molar-refractivity contribution in [2.75, 3.05) is 0 Å². The van der Waals surface area contributed by atoms with Gasteiger partial charge in [-0.15, -0.1) is 0 Å². The lowest BCUT2D eigenvalue weighted by Gasteiger charge is -2.25. The minimum Gasteiger partial charge on any atom is -0.439 e. The highest BCUT2D eigenvalue weighted by atomic mass is 16.6. The summed E-state index contributed by atoms with van der Waals surface area (Å²) in [4.78, 5) is 26.6. The maximum Gasteiger partial charge on any atom is 0.417 e. The van der Waals surface area contributed by atoms with Gasteiger partial charge in [-0.3, -0.25) is 4.79 Å². The lowest BCUT2D eigenvalue weighted by Crippen LogP contribution is -2.44. The van der Waals surface area contributed by atoms with Gasteiger partial charge in [0, 0.05) is 0 Å². The molecule has 2 rings (SSSR count). The van der Waals surface area contributed by atoms with E-state index in [9.17, 15) is 14.7 Å². The van der Waals surface area contributed by atoms with Gasteiger partial charge < -0.3 is 9.84 Å². The second kappa shape index (κ2) is 15.9. The second-order valence-corrected chi connectivity index (χ2v) is 10.1. The van der Waals surface area contributed by atoms with E-state index in [2.05, 4.69) is 6.92 Å². The van der Waals surface area contributed by atoms with E-state index in [-0.39, 0.29) is 5.91 Å². The molecule has 0 bridgehead atoms. The molecule has 34 heavy (non-hydrogen) atoms. The molecule has 4 atom stereocenters. The number of imide groups is 1. The van der Waals surface area contributed by atoms with Gasteiger partial charge in [-0.2, -0.15) is 0 Å². The normalized spacial score (nSPS) is 19.8. The SMILES string of the molecule is CCCCCCCCCCCCCCC[C@H](O)[C@@H](C)C(=O)N1C(=O)O[C@@H](c2ccccc2)[C@H]1C. The number of benzene rings is 1. The molecule has 2 amide bonds. The Balaban J connectivity index is 1.59. The van der Waals surface area contributed by atoms with Gasteiger partial charge in [0.2, 0.25) is 5.91 Å². The zero-order valence-corrected chi connectivity index (χ0v) is 21.7. The zero-order valence-electron chi connectivity index (χ0n) is 21.7. The Kier molecular flexibility index (Phi) is 13.3. The van der Waals surface area contributed by atoms with Crippen molar-refractivity contribution >= 4 is 12.0 Å². The van der Waals surface area contributed by atoms with Crippen molar-refractivity contribution < 1.29 is 19.4 Å². The molecule has 5 nitrogen and oxygen atoms in total. The lowest BCUT2D eigenvalue weighted by atomic mass is 9.96. The summed E-state index contributed by atoms with van der Waals surface area (Å²) < 4.78 is 5.49. The van der Waals surface area contributed by atoms with Crippen LogP contribution in [0.3, 0.4) is 0 Å². The molecule has 0 aliphatic carbocycles. The fourth-order valence-electron chi connectivity index (χ4n) is 4.85. The van der Waals surface area contributed by atoms with Crippen molar-refractivity contribution in [3.63, 3.8) is 0 Å². The first kappa shape index (κ1) is 28.4. The number of nitrogens with zero attached hydrogens (tertiary/aromatic N) is 1. The maximum atomic E-state index is 13.0. The Labute approximate surface area is 207 Å². The van der Waals surface area contributed by atoms with Gasteiger partial charge in [0.15, 0.2) is 0 Å². The second-order valence-electron chi connectivity index (χ2n) is 10.1. The number of aliphatic hydroxyl groups excluding tert-OH is 1.